The van der Waals surface area contributed by atoms with Crippen molar-refractivity contribution in [2.75, 3.05) is 5.32 Å². The Morgan fingerprint density at radius 2 is 1.80 bits per heavy atom. The Hall–Kier alpha value is -2.18. The Kier molecular flexibility index (Phi) is 3.87. The Morgan fingerprint density at radius 3 is 2.45 bits per heavy atom. The molecule has 0 fully saturated rings. The van der Waals surface area contributed by atoms with E-state index in [0.29, 0.717) is 6.07 Å². The second-order valence-corrected chi connectivity index (χ2v) is 4.05. The topological polar surface area (TPSA) is 24.9 Å². The highest BCUT2D eigenvalue weighted by Crippen LogP contribution is 2.30. The van der Waals surface area contributed by atoms with Gasteiger partial charge in [0.15, 0.2) is 0 Å². The van der Waals surface area contributed by atoms with Gasteiger partial charge in [-0.3, -0.25) is 0 Å². The molecule has 0 bridgehead atoms. The molecule has 1 heterocycles. The van der Waals surface area contributed by atoms with Gasteiger partial charge in [0.2, 0.25) is 5.95 Å². The van der Waals surface area contributed by atoms with Crippen molar-refractivity contribution < 1.29 is 22.0 Å². The highest BCUT2D eigenvalue weighted by molar-refractivity contribution is 5.36. The van der Waals surface area contributed by atoms with Gasteiger partial charge in [0.05, 0.1) is 5.56 Å². The van der Waals surface area contributed by atoms with Crippen LogP contribution in [0.15, 0.2) is 36.4 Å². The molecule has 0 saturated carbocycles. The molecule has 0 saturated heterocycles. The van der Waals surface area contributed by atoms with Crippen LogP contribution in [0.25, 0.3) is 0 Å². The minimum absolute atomic E-state index is 0.0865. The van der Waals surface area contributed by atoms with Crippen LogP contribution in [0, 0.1) is 11.8 Å². The number of rotatable bonds is 3. The average Bonchev–Trinajstić information content (AvgIpc) is 2.35. The summed E-state index contributed by atoms with van der Waals surface area (Å²) in [5.74, 6) is -1.54. The predicted octanol–water partition coefficient (Wildman–Crippen LogP) is 3.99. The van der Waals surface area contributed by atoms with E-state index in [1.165, 1.54) is 12.1 Å². The summed E-state index contributed by atoms with van der Waals surface area (Å²) >= 11 is 0. The number of hydrogen-bond donors (Lipinski definition) is 1. The van der Waals surface area contributed by atoms with Crippen LogP contribution in [-0.4, -0.2) is 4.98 Å². The van der Waals surface area contributed by atoms with E-state index in [1.54, 1.807) is 0 Å². The molecular formula is C13H9F5N2. The lowest BCUT2D eigenvalue weighted by Crippen LogP contribution is -2.08. The van der Waals surface area contributed by atoms with Crippen molar-refractivity contribution in [2.24, 2.45) is 0 Å². The van der Waals surface area contributed by atoms with Crippen LogP contribution in [0.1, 0.15) is 11.1 Å². The van der Waals surface area contributed by atoms with E-state index in [0.717, 1.165) is 18.2 Å². The number of benzene rings is 1. The van der Waals surface area contributed by atoms with Gasteiger partial charge in [0, 0.05) is 6.54 Å². The van der Waals surface area contributed by atoms with E-state index in [9.17, 15) is 22.0 Å². The third-order valence-electron chi connectivity index (χ3n) is 2.47. The summed E-state index contributed by atoms with van der Waals surface area (Å²) in [5, 5.41) is 2.62. The zero-order valence-corrected chi connectivity index (χ0v) is 10.0. The Labute approximate surface area is 111 Å². The molecule has 0 spiro atoms. The standard InChI is InChI=1S/C13H9F5N2/c14-10-5-8(4-9(6-10)13(16,17)18)7-19-12-3-1-2-11(15)20-12/h1-6H,7H2,(H,19,20). The first-order valence-electron chi connectivity index (χ1n) is 5.58. The minimum Gasteiger partial charge on any atom is -0.366 e. The number of nitrogens with zero attached hydrogens (tertiary/aromatic N) is 1. The van der Waals surface area contributed by atoms with Crippen LogP contribution in [0.4, 0.5) is 27.8 Å². The monoisotopic (exact) mass is 288 g/mol. The fraction of sp³-hybridized carbons (Fsp3) is 0.154. The highest BCUT2D eigenvalue weighted by Gasteiger charge is 2.31. The summed E-state index contributed by atoms with van der Waals surface area (Å²) < 4.78 is 63.5. The molecule has 1 N–H and O–H groups in total. The molecule has 0 amide bonds. The molecule has 0 unspecified atom stereocenters. The molecule has 1 aromatic carbocycles. The summed E-state index contributed by atoms with van der Waals surface area (Å²) in [7, 11) is 0. The van der Waals surface area contributed by atoms with Crippen molar-refractivity contribution in [3.05, 3.63) is 59.3 Å². The van der Waals surface area contributed by atoms with E-state index in [1.807, 2.05) is 0 Å². The lowest BCUT2D eigenvalue weighted by atomic mass is 10.1. The molecule has 7 heteroatoms. The minimum atomic E-state index is -4.62. The summed E-state index contributed by atoms with van der Waals surface area (Å²) in [5.41, 5.74) is -0.982. The van der Waals surface area contributed by atoms with Crippen molar-refractivity contribution in [3.8, 4) is 0 Å². The summed E-state index contributed by atoms with van der Waals surface area (Å²) in [6, 6.07) is 6.21. The Morgan fingerprint density at radius 1 is 1.05 bits per heavy atom. The number of hydrogen-bond acceptors (Lipinski definition) is 2. The molecule has 0 aliphatic carbocycles. The second-order valence-electron chi connectivity index (χ2n) is 4.05. The smallest absolute Gasteiger partial charge is 0.366 e. The largest absolute Gasteiger partial charge is 0.416 e. The van der Waals surface area contributed by atoms with Gasteiger partial charge >= 0.3 is 6.18 Å². The van der Waals surface area contributed by atoms with E-state index in [-0.39, 0.29) is 17.9 Å². The summed E-state index contributed by atoms with van der Waals surface area (Å²) in [6.45, 7) is -0.0999. The SMILES string of the molecule is Fc1cc(CNc2cccc(F)n2)cc(C(F)(F)F)c1. The highest BCUT2D eigenvalue weighted by atomic mass is 19.4. The Balaban J connectivity index is 2.16. The number of anilines is 1. The van der Waals surface area contributed by atoms with Gasteiger partial charge in [-0.25, -0.2) is 9.37 Å². The van der Waals surface area contributed by atoms with Crippen LogP contribution >= 0.6 is 0 Å². The molecule has 0 aliphatic heterocycles. The molecule has 20 heavy (non-hydrogen) atoms. The lowest BCUT2D eigenvalue weighted by molar-refractivity contribution is -0.137. The molecule has 106 valence electrons. The molecular weight excluding hydrogens is 279 g/mol. The van der Waals surface area contributed by atoms with Gasteiger partial charge in [-0.1, -0.05) is 6.07 Å². The summed E-state index contributed by atoms with van der Waals surface area (Å²) in [4.78, 5) is 3.49. The normalized spacial score (nSPS) is 11.4. The first-order chi connectivity index (χ1) is 9.34. The number of alkyl halides is 3. The molecule has 0 radical (unpaired) electrons. The van der Waals surface area contributed by atoms with Gasteiger partial charge < -0.3 is 5.32 Å². The average molecular weight is 288 g/mol. The maximum absolute atomic E-state index is 13.1. The number of aromatic nitrogens is 1. The third kappa shape index (κ3) is 3.66. The molecule has 2 aromatic rings. The zero-order valence-electron chi connectivity index (χ0n) is 10.0. The molecule has 2 nitrogen and oxygen atoms in total. The maximum atomic E-state index is 13.1. The van der Waals surface area contributed by atoms with Gasteiger partial charge in [0.25, 0.3) is 0 Å². The maximum Gasteiger partial charge on any atom is 0.416 e. The zero-order chi connectivity index (χ0) is 14.8. The first kappa shape index (κ1) is 14.2. The number of pyridine rings is 1. The van der Waals surface area contributed by atoms with Gasteiger partial charge in [-0.05, 0) is 35.9 Å². The number of nitrogens with one attached hydrogen (secondary N) is 1. The van der Waals surface area contributed by atoms with Crippen LogP contribution in [0.2, 0.25) is 0 Å². The van der Waals surface area contributed by atoms with Crippen LogP contribution < -0.4 is 5.32 Å². The van der Waals surface area contributed by atoms with Gasteiger partial charge in [-0.15, -0.1) is 0 Å². The first-order valence-corrected chi connectivity index (χ1v) is 5.58. The second kappa shape index (κ2) is 5.44. The molecule has 1 aromatic heterocycles. The third-order valence-corrected chi connectivity index (χ3v) is 2.47. The molecule has 0 aliphatic rings. The molecule has 0 atom stereocenters. The van der Waals surface area contributed by atoms with Crippen LogP contribution in [-0.2, 0) is 12.7 Å². The number of halogens is 5. The van der Waals surface area contributed by atoms with Crippen LogP contribution in [0.5, 0.6) is 0 Å². The van der Waals surface area contributed by atoms with Crippen molar-refractivity contribution in [2.45, 2.75) is 12.7 Å². The Bertz CT molecular complexity index is 610. The van der Waals surface area contributed by atoms with Crippen LogP contribution in [0.3, 0.4) is 0 Å². The van der Waals surface area contributed by atoms with Crippen molar-refractivity contribution >= 4 is 5.82 Å². The fourth-order valence-corrected chi connectivity index (χ4v) is 1.62. The van der Waals surface area contributed by atoms with Gasteiger partial charge in [0.1, 0.15) is 11.6 Å². The fourth-order valence-electron chi connectivity index (χ4n) is 1.62. The lowest BCUT2D eigenvalue weighted by Gasteiger charge is -2.10. The van der Waals surface area contributed by atoms with Crippen molar-refractivity contribution in [3.63, 3.8) is 0 Å². The predicted molar refractivity (Wildman–Crippen MR) is 62.9 cm³/mol. The van der Waals surface area contributed by atoms with Crippen molar-refractivity contribution in [1.82, 2.24) is 4.98 Å². The van der Waals surface area contributed by atoms with E-state index in [2.05, 4.69) is 10.3 Å². The van der Waals surface area contributed by atoms with E-state index < -0.39 is 23.5 Å². The molecule has 2 rings (SSSR count). The van der Waals surface area contributed by atoms with E-state index in [4.69, 9.17) is 0 Å². The quantitative estimate of drug-likeness (QED) is 0.682. The van der Waals surface area contributed by atoms with E-state index >= 15 is 0 Å². The van der Waals surface area contributed by atoms with Gasteiger partial charge in [-0.2, -0.15) is 17.6 Å². The summed E-state index contributed by atoms with van der Waals surface area (Å²) in [6.07, 6.45) is -4.62. The van der Waals surface area contributed by atoms with Crippen molar-refractivity contribution in [1.29, 1.82) is 0 Å².